The molecule has 0 aromatic heterocycles. The zero-order valence-electron chi connectivity index (χ0n) is 16.3. The third kappa shape index (κ3) is 4.47. The Morgan fingerprint density at radius 3 is 2.57 bits per heavy atom. The molecule has 1 heterocycles. The molecular weight excluding hydrogens is 376 g/mol. The van der Waals surface area contributed by atoms with Crippen LogP contribution in [0, 0.1) is 0 Å². The van der Waals surface area contributed by atoms with Gasteiger partial charge in [0.25, 0.3) is 10.0 Å². The Kier molecular flexibility index (Phi) is 6.24. The minimum atomic E-state index is -3.73. The molecule has 1 amide bonds. The molecular formula is C21H26N2O4S. The van der Waals surface area contributed by atoms with Gasteiger partial charge in [-0.1, -0.05) is 19.9 Å². The molecule has 0 unspecified atom stereocenters. The monoisotopic (exact) mass is 402 g/mol. The van der Waals surface area contributed by atoms with E-state index in [1.54, 1.807) is 29.2 Å². The van der Waals surface area contributed by atoms with Crippen LogP contribution in [0.3, 0.4) is 0 Å². The van der Waals surface area contributed by atoms with Gasteiger partial charge in [0.2, 0.25) is 5.91 Å². The maximum Gasteiger partial charge on any atom is 0.261 e. The molecule has 28 heavy (non-hydrogen) atoms. The van der Waals surface area contributed by atoms with Gasteiger partial charge in [-0.25, -0.2) is 8.42 Å². The van der Waals surface area contributed by atoms with Crippen LogP contribution >= 0.6 is 0 Å². The van der Waals surface area contributed by atoms with Crippen molar-refractivity contribution in [3.8, 4) is 5.75 Å². The van der Waals surface area contributed by atoms with E-state index in [4.69, 9.17) is 4.74 Å². The standard InChI is InChI=1S/C21H26N2O4S/c1-3-14-27-18-9-11-19(12-10-18)28(25,26)22-17-8-7-16-6-5-13-23(20(16)15-17)21(24)4-2/h7-12,15,22H,3-6,13-14H2,1-2H3. The van der Waals surface area contributed by atoms with Crippen LogP contribution in [0.4, 0.5) is 11.4 Å². The molecule has 0 radical (unpaired) electrons. The van der Waals surface area contributed by atoms with Gasteiger partial charge in [-0.2, -0.15) is 0 Å². The Morgan fingerprint density at radius 2 is 1.89 bits per heavy atom. The number of rotatable bonds is 7. The maximum absolute atomic E-state index is 12.7. The fourth-order valence-electron chi connectivity index (χ4n) is 3.24. The molecule has 6 nitrogen and oxygen atoms in total. The van der Waals surface area contributed by atoms with E-state index in [1.165, 1.54) is 12.1 Å². The summed E-state index contributed by atoms with van der Waals surface area (Å²) >= 11 is 0. The molecule has 0 spiro atoms. The second-order valence-corrected chi connectivity index (χ2v) is 8.45. The third-order valence-corrected chi connectivity index (χ3v) is 6.06. The average Bonchev–Trinajstić information content (AvgIpc) is 2.71. The lowest BCUT2D eigenvalue weighted by molar-refractivity contribution is -0.118. The Labute approximate surface area is 166 Å². The Balaban J connectivity index is 1.82. The summed E-state index contributed by atoms with van der Waals surface area (Å²) < 4.78 is 33.6. The van der Waals surface area contributed by atoms with Crippen molar-refractivity contribution in [2.45, 2.75) is 44.4 Å². The predicted molar refractivity (Wildman–Crippen MR) is 110 cm³/mol. The molecule has 3 rings (SSSR count). The predicted octanol–water partition coefficient (Wildman–Crippen LogP) is 3.97. The number of hydrogen-bond donors (Lipinski definition) is 1. The first kappa shape index (κ1) is 20.2. The van der Waals surface area contributed by atoms with Crippen molar-refractivity contribution in [1.29, 1.82) is 0 Å². The number of amides is 1. The Morgan fingerprint density at radius 1 is 1.14 bits per heavy atom. The second-order valence-electron chi connectivity index (χ2n) is 6.77. The average molecular weight is 403 g/mol. The summed E-state index contributed by atoms with van der Waals surface area (Å²) in [7, 11) is -3.73. The number of carbonyl (C=O) groups is 1. The van der Waals surface area contributed by atoms with E-state index in [-0.39, 0.29) is 10.8 Å². The molecule has 1 aliphatic rings. The molecule has 1 aliphatic heterocycles. The highest BCUT2D eigenvalue weighted by Gasteiger charge is 2.23. The molecule has 0 atom stereocenters. The number of nitrogens with one attached hydrogen (secondary N) is 1. The SMILES string of the molecule is CCCOc1ccc(S(=O)(=O)Nc2ccc3c(c2)N(C(=O)CC)CCC3)cc1. The summed E-state index contributed by atoms with van der Waals surface area (Å²) in [5.74, 6) is 0.687. The number of ether oxygens (including phenoxy) is 1. The molecule has 0 saturated carbocycles. The van der Waals surface area contributed by atoms with Gasteiger partial charge in [-0.15, -0.1) is 0 Å². The van der Waals surface area contributed by atoms with Crippen LogP contribution in [0.15, 0.2) is 47.4 Å². The highest BCUT2D eigenvalue weighted by atomic mass is 32.2. The number of nitrogens with zero attached hydrogens (tertiary/aromatic N) is 1. The first-order chi connectivity index (χ1) is 13.4. The van der Waals surface area contributed by atoms with Crippen molar-refractivity contribution in [3.05, 3.63) is 48.0 Å². The van der Waals surface area contributed by atoms with Crippen molar-refractivity contribution < 1.29 is 17.9 Å². The van der Waals surface area contributed by atoms with E-state index in [1.807, 2.05) is 19.9 Å². The third-order valence-electron chi connectivity index (χ3n) is 4.67. The molecule has 0 saturated heterocycles. The summed E-state index contributed by atoms with van der Waals surface area (Å²) in [6, 6.07) is 11.7. The first-order valence-electron chi connectivity index (χ1n) is 9.63. The molecule has 1 N–H and O–H groups in total. The smallest absolute Gasteiger partial charge is 0.261 e. The molecule has 0 fully saturated rings. The van der Waals surface area contributed by atoms with Crippen LogP contribution in [0.5, 0.6) is 5.75 Å². The molecule has 2 aromatic rings. The zero-order valence-corrected chi connectivity index (χ0v) is 17.1. The van der Waals surface area contributed by atoms with E-state index in [0.29, 0.717) is 31.0 Å². The van der Waals surface area contributed by atoms with Crippen molar-refractivity contribution in [2.24, 2.45) is 0 Å². The van der Waals surface area contributed by atoms with Gasteiger partial charge in [0.05, 0.1) is 17.2 Å². The number of anilines is 2. The van der Waals surface area contributed by atoms with Crippen molar-refractivity contribution in [2.75, 3.05) is 22.8 Å². The number of hydrogen-bond acceptors (Lipinski definition) is 4. The molecule has 2 aromatic carbocycles. The summed E-state index contributed by atoms with van der Waals surface area (Å²) in [6.07, 6.45) is 3.10. The van der Waals surface area contributed by atoms with Gasteiger partial charge < -0.3 is 9.64 Å². The summed E-state index contributed by atoms with van der Waals surface area (Å²) in [4.78, 5) is 14.1. The minimum Gasteiger partial charge on any atom is -0.494 e. The maximum atomic E-state index is 12.7. The van der Waals surface area contributed by atoms with E-state index >= 15 is 0 Å². The summed E-state index contributed by atoms with van der Waals surface area (Å²) in [6.45, 7) is 5.09. The molecule has 150 valence electrons. The number of benzene rings is 2. The van der Waals surface area contributed by atoms with E-state index in [9.17, 15) is 13.2 Å². The normalized spacial score (nSPS) is 13.7. The van der Waals surface area contributed by atoms with E-state index in [0.717, 1.165) is 30.5 Å². The number of sulfonamides is 1. The lowest BCUT2D eigenvalue weighted by Gasteiger charge is -2.29. The van der Waals surface area contributed by atoms with Gasteiger partial charge in [-0.05, 0) is 61.2 Å². The molecule has 7 heteroatoms. The van der Waals surface area contributed by atoms with Crippen LogP contribution in [-0.4, -0.2) is 27.5 Å². The lowest BCUT2D eigenvalue weighted by atomic mass is 10.0. The van der Waals surface area contributed by atoms with Crippen molar-refractivity contribution in [1.82, 2.24) is 0 Å². The highest BCUT2D eigenvalue weighted by Crippen LogP contribution is 2.31. The summed E-state index contributed by atoms with van der Waals surface area (Å²) in [5.41, 5.74) is 2.30. The molecule has 0 aliphatic carbocycles. The zero-order chi connectivity index (χ0) is 20.1. The van der Waals surface area contributed by atoms with Crippen LogP contribution in [0.1, 0.15) is 38.7 Å². The van der Waals surface area contributed by atoms with E-state index < -0.39 is 10.0 Å². The second kappa shape index (κ2) is 8.65. The number of fused-ring (bicyclic) bond motifs is 1. The largest absolute Gasteiger partial charge is 0.494 e. The number of aryl methyl sites for hydroxylation is 1. The van der Waals surface area contributed by atoms with Crippen LogP contribution in [0.25, 0.3) is 0 Å². The van der Waals surface area contributed by atoms with Crippen LogP contribution in [-0.2, 0) is 21.2 Å². The van der Waals surface area contributed by atoms with Crippen LogP contribution in [0.2, 0.25) is 0 Å². The topological polar surface area (TPSA) is 75.7 Å². The van der Waals surface area contributed by atoms with Crippen molar-refractivity contribution in [3.63, 3.8) is 0 Å². The van der Waals surface area contributed by atoms with Gasteiger partial charge in [-0.3, -0.25) is 9.52 Å². The van der Waals surface area contributed by atoms with Crippen molar-refractivity contribution >= 4 is 27.3 Å². The number of carbonyl (C=O) groups excluding carboxylic acids is 1. The van der Waals surface area contributed by atoms with Gasteiger partial charge in [0, 0.05) is 18.7 Å². The van der Waals surface area contributed by atoms with E-state index in [2.05, 4.69) is 4.72 Å². The van der Waals surface area contributed by atoms with Gasteiger partial charge in [0.15, 0.2) is 0 Å². The Hall–Kier alpha value is -2.54. The summed E-state index contributed by atoms with van der Waals surface area (Å²) in [5, 5.41) is 0. The van der Waals surface area contributed by atoms with Crippen LogP contribution < -0.4 is 14.4 Å². The van der Waals surface area contributed by atoms with Gasteiger partial charge >= 0.3 is 0 Å². The Bertz CT molecular complexity index is 939. The fourth-order valence-corrected chi connectivity index (χ4v) is 4.29. The quantitative estimate of drug-likeness (QED) is 0.760. The highest BCUT2D eigenvalue weighted by molar-refractivity contribution is 7.92. The lowest BCUT2D eigenvalue weighted by Crippen LogP contribution is -2.35. The fraction of sp³-hybridized carbons (Fsp3) is 0.381. The van der Waals surface area contributed by atoms with Gasteiger partial charge in [0.1, 0.15) is 5.75 Å². The first-order valence-corrected chi connectivity index (χ1v) is 11.1. The minimum absolute atomic E-state index is 0.0450. The molecule has 0 bridgehead atoms.